The fraction of sp³-hybridized carbons (Fsp3) is 0.588. The Kier molecular flexibility index (Phi) is 8.17. The molecule has 1 amide bonds. The van der Waals surface area contributed by atoms with E-state index < -0.39 is 0 Å². The van der Waals surface area contributed by atoms with E-state index in [1.165, 1.54) is 0 Å². The van der Waals surface area contributed by atoms with Crippen molar-refractivity contribution in [1.29, 1.82) is 0 Å². The van der Waals surface area contributed by atoms with Gasteiger partial charge in [-0.15, -0.1) is 0 Å². The van der Waals surface area contributed by atoms with Gasteiger partial charge in [0.15, 0.2) is 0 Å². The van der Waals surface area contributed by atoms with Crippen molar-refractivity contribution in [2.24, 2.45) is 5.73 Å². The molecule has 1 aromatic carbocycles. The zero-order valence-corrected chi connectivity index (χ0v) is 16.2. The number of thioether (sulfide) groups is 1. The first kappa shape index (κ1) is 19.9. The molecule has 1 fully saturated rings. The highest BCUT2D eigenvalue weighted by atomic mass is 35.5. The average molecular weight is 391 g/mol. The van der Waals surface area contributed by atoms with Crippen molar-refractivity contribution in [2.45, 2.75) is 38.0 Å². The maximum absolute atomic E-state index is 12.3. The van der Waals surface area contributed by atoms with E-state index in [1.807, 2.05) is 23.3 Å². The van der Waals surface area contributed by atoms with Crippen molar-refractivity contribution < 1.29 is 9.53 Å². The van der Waals surface area contributed by atoms with Gasteiger partial charge < -0.3 is 15.4 Å². The number of likely N-dealkylation sites (tertiary alicyclic amines) is 1. The minimum Gasteiger partial charge on any atom is -0.373 e. The van der Waals surface area contributed by atoms with E-state index in [2.05, 4.69) is 0 Å². The summed E-state index contributed by atoms with van der Waals surface area (Å²) >= 11 is 13.6. The van der Waals surface area contributed by atoms with Gasteiger partial charge in [-0.2, -0.15) is 11.8 Å². The summed E-state index contributed by atoms with van der Waals surface area (Å²) in [7, 11) is 0. The Labute approximate surface area is 158 Å². The van der Waals surface area contributed by atoms with Crippen LogP contribution in [0.3, 0.4) is 0 Å². The Morgan fingerprint density at radius 2 is 2.08 bits per heavy atom. The molecule has 1 heterocycles. The third-order valence-corrected chi connectivity index (χ3v) is 5.56. The van der Waals surface area contributed by atoms with Crippen LogP contribution in [-0.2, 0) is 16.1 Å². The lowest BCUT2D eigenvalue weighted by atomic mass is 10.1. The monoisotopic (exact) mass is 390 g/mol. The van der Waals surface area contributed by atoms with Gasteiger partial charge in [0.25, 0.3) is 0 Å². The quantitative estimate of drug-likeness (QED) is 0.772. The number of hydrogen-bond donors (Lipinski definition) is 1. The van der Waals surface area contributed by atoms with Gasteiger partial charge in [-0.1, -0.05) is 29.3 Å². The number of benzene rings is 1. The summed E-state index contributed by atoms with van der Waals surface area (Å²) in [4.78, 5) is 14.1. The number of ether oxygens (including phenoxy) is 1. The number of carbonyl (C=O) groups is 1. The molecule has 1 aliphatic rings. The van der Waals surface area contributed by atoms with Crippen molar-refractivity contribution in [3.05, 3.63) is 33.8 Å². The molecule has 7 heteroatoms. The number of hydrogen-bond acceptors (Lipinski definition) is 4. The highest BCUT2D eigenvalue weighted by Crippen LogP contribution is 2.24. The predicted octanol–water partition coefficient (Wildman–Crippen LogP) is 3.58. The Bertz CT molecular complexity index is 551. The van der Waals surface area contributed by atoms with Crippen LogP contribution < -0.4 is 5.73 Å². The molecule has 0 spiro atoms. The van der Waals surface area contributed by atoms with Gasteiger partial charge in [0, 0.05) is 13.1 Å². The second-order valence-electron chi connectivity index (χ2n) is 5.97. The average Bonchev–Trinajstić information content (AvgIpc) is 2.60. The molecule has 1 aliphatic heterocycles. The molecule has 1 atom stereocenters. The minimum absolute atomic E-state index is 0.0620. The summed E-state index contributed by atoms with van der Waals surface area (Å²) in [6.07, 6.45) is 4.58. The smallest absolute Gasteiger partial charge is 0.239 e. The van der Waals surface area contributed by atoms with Crippen LogP contribution in [0.4, 0.5) is 0 Å². The van der Waals surface area contributed by atoms with Gasteiger partial charge in [-0.25, -0.2) is 0 Å². The van der Waals surface area contributed by atoms with Gasteiger partial charge in [-0.05, 0) is 49.0 Å². The Morgan fingerprint density at radius 1 is 1.38 bits per heavy atom. The van der Waals surface area contributed by atoms with Crippen molar-refractivity contribution in [3.8, 4) is 0 Å². The van der Waals surface area contributed by atoms with Crippen LogP contribution in [0.5, 0.6) is 0 Å². The maximum atomic E-state index is 12.3. The van der Waals surface area contributed by atoms with Gasteiger partial charge >= 0.3 is 0 Å². The zero-order chi connectivity index (χ0) is 17.5. The van der Waals surface area contributed by atoms with E-state index in [-0.39, 0.29) is 18.1 Å². The Balaban J connectivity index is 1.74. The SMILES string of the molecule is CSCC[C@H](N)C(=O)N1CCC(OCc2ccc(Cl)c(Cl)c2)CC1. The molecule has 0 bridgehead atoms. The summed E-state index contributed by atoms with van der Waals surface area (Å²) in [5.74, 6) is 0.975. The van der Waals surface area contributed by atoms with Crippen molar-refractivity contribution in [2.75, 3.05) is 25.1 Å². The van der Waals surface area contributed by atoms with Gasteiger partial charge in [-0.3, -0.25) is 4.79 Å². The first-order chi connectivity index (χ1) is 11.5. The summed E-state index contributed by atoms with van der Waals surface area (Å²) in [6.45, 7) is 1.92. The first-order valence-electron chi connectivity index (χ1n) is 8.10. The van der Waals surface area contributed by atoms with Crippen molar-refractivity contribution >= 4 is 40.9 Å². The highest BCUT2D eigenvalue weighted by Gasteiger charge is 2.26. The second-order valence-corrected chi connectivity index (χ2v) is 7.77. The highest BCUT2D eigenvalue weighted by molar-refractivity contribution is 7.98. The van der Waals surface area contributed by atoms with Gasteiger partial charge in [0.2, 0.25) is 5.91 Å². The van der Waals surface area contributed by atoms with Crippen LogP contribution in [0.15, 0.2) is 18.2 Å². The van der Waals surface area contributed by atoms with E-state index in [0.29, 0.717) is 29.7 Å². The molecule has 0 aliphatic carbocycles. The molecule has 0 unspecified atom stereocenters. The molecular formula is C17H24Cl2N2O2S. The number of rotatable bonds is 7. The van der Waals surface area contributed by atoms with Crippen LogP contribution >= 0.6 is 35.0 Å². The number of amides is 1. The third-order valence-electron chi connectivity index (χ3n) is 4.17. The topological polar surface area (TPSA) is 55.6 Å². The maximum Gasteiger partial charge on any atom is 0.239 e. The number of carbonyl (C=O) groups excluding carboxylic acids is 1. The summed E-state index contributed by atoms with van der Waals surface area (Å²) in [5, 5.41) is 1.09. The lowest BCUT2D eigenvalue weighted by molar-refractivity contribution is -0.135. The minimum atomic E-state index is -0.383. The van der Waals surface area contributed by atoms with Crippen LogP contribution in [0.2, 0.25) is 10.0 Å². The van der Waals surface area contributed by atoms with Crippen LogP contribution in [0.1, 0.15) is 24.8 Å². The van der Waals surface area contributed by atoms with E-state index in [9.17, 15) is 4.79 Å². The molecule has 1 aromatic rings. The summed E-state index contributed by atoms with van der Waals surface area (Å²) in [6, 6.07) is 5.14. The normalized spacial score (nSPS) is 17.1. The molecular weight excluding hydrogens is 367 g/mol. The zero-order valence-electron chi connectivity index (χ0n) is 13.8. The molecule has 0 radical (unpaired) electrons. The van der Waals surface area contributed by atoms with Crippen molar-refractivity contribution in [1.82, 2.24) is 4.90 Å². The standard InChI is InChI=1S/C17H24Cl2N2O2S/c1-24-9-6-16(20)17(22)21-7-4-13(5-8-21)23-11-12-2-3-14(18)15(19)10-12/h2-3,10,13,16H,4-9,11,20H2,1H3/t16-/m0/s1. The van der Waals surface area contributed by atoms with E-state index in [0.717, 1.165) is 30.6 Å². The lowest BCUT2D eigenvalue weighted by Crippen LogP contribution is -2.48. The number of nitrogens with two attached hydrogens (primary N) is 1. The Morgan fingerprint density at radius 3 is 2.71 bits per heavy atom. The number of halogens is 2. The van der Waals surface area contributed by atoms with Crippen LogP contribution in [-0.4, -0.2) is 48.1 Å². The molecule has 0 aromatic heterocycles. The van der Waals surface area contributed by atoms with E-state index >= 15 is 0 Å². The largest absolute Gasteiger partial charge is 0.373 e. The second kappa shape index (κ2) is 9.88. The fourth-order valence-corrected chi connectivity index (χ4v) is 3.50. The molecule has 2 rings (SSSR count). The molecule has 1 saturated heterocycles. The fourth-order valence-electron chi connectivity index (χ4n) is 2.69. The molecule has 134 valence electrons. The molecule has 2 N–H and O–H groups in total. The summed E-state index contributed by atoms with van der Waals surface area (Å²) < 4.78 is 5.94. The molecule has 24 heavy (non-hydrogen) atoms. The lowest BCUT2D eigenvalue weighted by Gasteiger charge is -2.33. The van der Waals surface area contributed by atoms with Gasteiger partial charge in [0.1, 0.15) is 0 Å². The predicted molar refractivity (Wildman–Crippen MR) is 102 cm³/mol. The first-order valence-corrected chi connectivity index (χ1v) is 10.2. The van der Waals surface area contributed by atoms with E-state index in [1.54, 1.807) is 17.8 Å². The van der Waals surface area contributed by atoms with Crippen LogP contribution in [0, 0.1) is 0 Å². The van der Waals surface area contributed by atoms with Crippen molar-refractivity contribution in [3.63, 3.8) is 0 Å². The van der Waals surface area contributed by atoms with Gasteiger partial charge in [0.05, 0.1) is 28.8 Å². The summed E-state index contributed by atoms with van der Waals surface area (Å²) in [5.41, 5.74) is 6.97. The number of piperidine rings is 1. The molecule has 0 saturated carbocycles. The third kappa shape index (κ3) is 5.81. The number of nitrogens with zero attached hydrogens (tertiary/aromatic N) is 1. The molecule has 4 nitrogen and oxygen atoms in total. The van der Waals surface area contributed by atoms with E-state index in [4.69, 9.17) is 33.7 Å². The Hall–Kier alpha value is -0.460. The van der Waals surface area contributed by atoms with Crippen LogP contribution in [0.25, 0.3) is 0 Å².